The number of benzene rings is 2. The smallest absolute Gasteiger partial charge is 0.276 e. The molecule has 0 bridgehead atoms. The minimum atomic E-state index is -0.320. The number of carbonyl (C=O) groups excluding carboxylic acids is 1. The van der Waals surface area contributed by atoms with Crippen LogP contribution in [0.1, 0.15) is 18.3 Å². The van der Waals surface area contributed by atoms with Gasteiger partial charge in [-0.15, -0.1) is 10.2 Å². The van der Waals surface area contributed by atoms with Gasteiger partial charge in [-0.3, -0.25) is 10.2 Å². The lowest BCUT2D eigenvalue weighted by atomic mass is 10.2. The van der Waals surface area contributed by atoms with Crippen molar-refractivity contribution in [3.8, 4) is 17.2 Å². The van der Waals surface area contributed by atoms with Gasteiger partial charge in [0.25, 0.3) is 5.91 Å². The Balaban J connectivity index is 1.63. The summed E-state index contributed by atoms with van der Waals surface area (Å²) in [5, 5.41) is 8.88. The maximum absolute atomic E-state index is 12.4. The molecule has 1 N–H and O–H groups in total. The molecular weight excluding hydrogens is 404 g/mol. The van der Waals surface area contributed by atoms with Gasteiger partial charge in [0.05, 0.1) is 7.11 Å². The highest BCUT2D eigenvalue weighted by atomic mass is 32.2. The molecule has 0 spiro atoms. The zero-order valence-corrected chi connectivity index (χ0v) is 17.9. The topological polar surface area (TPSA) is 87.5 Å². The number of thioether (sulfide) groups is 1. The number of rotatable bonds is 10. The van der Waals surface area contributed by atoms with Crippen LogP contribution in [0.25, 0.3) is 0 Å². The van der Waals surface area contributed by atoms with E-state index in [1.54, 1.807) is 23.9 Å². The van der Waals surface area contributed by atoms with Crippen molar-refractivity contribution in [1.82, 2.24) is 14.9 Å². The Morgan fingerprint density at radius 3 is 2.30 bits per heavy atom. The first-order valence-electron chi connectivity index (χ1n) is 9.42. The molecule has 0 saturated heterocycles. The summed E-state index contributed by atoms with van der Waals surface area (Å²) in [4.78, 5) is 12.4. The van der Waals surface area contributed by atoms with Gasteiger partial charge in [0.2, 0.25) is 5.16 Å². The average molecular weight is 429 g/mol. The summed E-state index contributed by atoms with van der Waals surface area (Å²) in [6.07, 6.45) is 0. The van der Waals surface area contributed by atoms with E-state index >= 15 is 0 Å². The number of amides is 1. The van der Waals surface area contributed by atoms with E-state index in [0.29, 0.717) is 22.5 Å². The van der Waals surface area contributed by atoms with E-state index in [-0.39, 0.29) is 19.1 Å². The fourth-order valence-electron chi connectivity index (χ4n) is 2.49. The first-order chi connectivity index (χ1) is 14.6. The monoisotopic (exact) mass is 428 g/mol. The minimum absolute atomic E-state index is 0.129. The van der Waals surface area contributed by atoms with Crippen molar-refractivity contribution in [2.75, 3.05) is 24.9 Å². The molecule has 0 atom stereocenters. The Hall–Kier alpha value is -3.20. The van der Waals surface area contributed by atoms with E-state index < -0.39 is 0 Å². The molecule has 8 nitrogen and oxygen atoms in total. The first kappa shape index (κ1) is 21.5. The molecule has 1 heterocycles. The maximum atomic E-state index is 12.4. The lowest BCUT2D eigenvalue weighted by Crippen LogP contribution is -2.30. The Labute approximate surface area is 179 Å². The van der Waals surface area contributed by atoms with Gasteiger partial charge in [-0.2, -0.15) is 0 Å². The molecule has 0 aliphatic heterocycles. The molecule has 2 aromatic carbocycles. The summed E-state index contributed by atoms with van der Waals surface area (Å²) in [6, 6.07) is 14.7. The van der Waals surface area contributed by atoms with Crippen molar-refractivity contribution in [2.24, 2.45) is 0 Å². The summed E-state index contributed by atoms with van der Waals surface area (Å²) >= 11 is 1.47. The Morgan fingerprint density at radius 2 is 1.63 bits per heavy atom. The van der Waals surface area contributed by atoms with E-state index in [9.17, 15) is 4.79 Å². The van der Waals surface area contributed by atoms with Crippen molar-refractivity contribution < 1.29 is 19.0 Å². The number of hydrogen-bond donors (Lipinski definition) is 1. The molecule has 3 rings (SSSR count). The number of aryl methyl sites for hydroxylation is 1. The van der Waals surface area contributed by atoms with Gasteiger partial charge in [0.15, 0.2) is 12.4 Å². The largest absolute Gasteiger partial charge is 0.497 e. The quantitative estimate of drug-likeness (QED) is 0.495. The predicted octanol–water partition coefficient (Wildman–Crippen LogP) is 3.44. The van der Waals surface area contributed by atoms with Gasteiger partial charge >= 0.3 is 0 Å². The van der Waals surface area contributed by atoms with Crippen LogP contribution in [0.15, 0.2) is 53.7 Å². The highest BCUT2D eigenvalue weighted by Gasteiger charge is 2.16. The fourth-order valence-corrected chi connectivity index (χ4v) is 3.13. The predicted molar refractivity (Wildman–Crippen MR) is 115 cm³/mol. The SMILES string of the molecule is CCSc1nnc(COc2ccc(OC)cc2)n1NC(=O)COc1ccc(C)cc1. The van der Waals surface area contributed by atoms with E-state index in [1.165, 1.54) is 11.8 Å². The third-order valence-electron chi connectivity index (χ3n) is 4.03. The van der Waals surface area contributed by atoms with Gasteiger partial charge in [-0.05, 0) is 49.1 Å². The maximum Gasteiger partial charge on any atom is 0.276 e. The minimum Gasteiger partial charge on any atom is -0.497 e. The van der Waals surface area contributed by atoms with Crippen molar-refractivity contribution in [3.05, 3.63) is 59.9 Å². The van der Waals surface area contributed by atoms with Crippen molar-refractivity contribution >= 4 is 17.7 Å². The van der Waals surface area contributed by atoms with Crippen LogP contribution in [0, 0.1) is 6.92 Å². The summed E-state index contributed by atoms with van der Waals surface area (Å²) < 4.78 is 18.0. The number of aromatic nitrogens is 3. The van der Waals surface area contributed by atoms with Gasteiger partial charge in [0, 0.05) is 0 Å². The lowest BCUT2D eigenvalue weighted by molar-refractivity contribution is -0.119. The number of methoxy groups -OCH3 is 1. The molecule has 9 heteroatoms. The highest BCUT2D eigenvalue weighted by molar-refractivity contribution is 7.99. The normalized spacial score (nSPS) is 10.5. The van der Waals surface area contributed by atoms with Crippen LogP contribution in [0.3, 0.4) is 0 Å². The molecule has 0 radical (unpaired) electrons. The zero-order chi connectivity index (χ0) is 21.3. The standard InChI is InChI=1S/C21H24N4O4S/c1-4-30-21-23-22-19(13-28-18-11-9-16(27-3)10-12-18)25(21)24-20(26)14-29-17-7-5-15(2)6-8-17/h5-12H,4,13-14H2,1-3H3,(H,24,26). The van der Waals surface area contributed by atoms with Crippen LogP contribution in [0.4, 0.5) is 0 Å². The number of nitrogens with one attached hydrogen (secondary N) is 1. The molecule has 1 aromatic heterocycles. The number of ether oxygens (including phenoxy) is 3. The van der Waals surface area contributed by atoms with Gasteiger partial charge < -0.3 is 14.2 Å². The van der Waals surface area contributed by atoms with Crippen LogP contribution in [-0.2, 0) is 11.4 Å². The second-order valence-electron chi connectivity index (χ2n) is 6.27. The Morgan fingerprint density at radius 1 is 1.00 bits per heavy atom. The van der Waals surface area contributed by atoms with Gasteiger partial charge in [-0.1, -0.05) is 36.4 Å². The molecule has 0 saturated carbocycles. The summed E-state index contributed by atoms with van der Waals surface area (Å²) in [6.45, 7) is 4.00. The molecule has 1 amide bonds. The Kier molecular flexibility index (Phi) is 7.56. The van der Waals surface area contributed by atoms with Crippen LogP contribution < -0.4 is 19.6 Å². The van der Waals surface area contributed by atoms with Crippen LogP contribution in [0.2, 0.25) is 0 Å². The summed E-state index contributed by atoms with van der Waals surface area (Å²) in [5.74, 6) is 2.97. The Bertz CT molecular complexity index is 958. The lowest BCUT2D eigenvalue weighted by Gasteiger charge is -2.13. The van der Waals surface area contributed by atoms with E-state index in [0.717, 1.165) is 17.1 Å². The van der Waals surface area contributed by atoms with Crippen LogP contribution >= 0.6 is 11.8 Å². The van der Waals surface area contributed by atoms with Gasteiger partial charge in [-0.25, -0.2) is 4.68 Å². The van der Waals surface area contributed by atoms with E-state index in [2.05, 4.69) is 15.6 Å². The number of carbonyl (C=O) groups is 1. The average Bonchev–Trinajstić information content (AvgIpc) is 3.13. The highest BCUT2D eigenvalue weighted by Crippen LogP contribution is 2.20. The molecule has 158 valence electrons. The molecule has 0 fully saturated rings. The molecule has 0 aliphatic carbocycles. The third-order valence-corrected chi connectivity index (χ3v) is 4.84. The second kappa shape index (κ2) is 10.5. The third kappa shape index (κ3) is 5.90. The molecule has 30 heavy (non-hydrogen) atoms. The van der Waals surface area contributed by atoms with Crippen molar-refractivity contribution in [1.29, 1.82) is 0 Å². The van der Waals surface area contributed by atoms with Crippen LogP contribution in [-0.4, -0.2) is 40.3 Å². The zero-order valence-electron chi connectivity index (χ0n) is 17.1. The van der Waals surface area contributed by atoms with Crippen molar-refractivity contribution in [3.63, 3.8) is 0 Å². The van der Waals surface area contributed by atoms with Crippen LogP contribution in [0.5, 0.6) is 17.2 Å². The van der Waals surface area contributed by atoms with E-state index in [4.69, 9.17) is 14.2 Å². The summed E-state index contributed by atoms with van der Waals surface area (Å²) in [7, 11) is 1.61. The molecular formula is C21H24N4O4S. The molecule has 3 aromatic rings. The number of nitrogens with zero attached hydrogens (tertiary/aromatic N) is 3. The second-order valence-corrected chi connectivity index (χ2v) is 7.50. The molecule has 0 aliphatic rings. The number of hydrogen-bond acceptors (Lipinski definition) is 7. The summed E-state index contributed by atoms with van der Waals surface area (Å²) in [5.41, 5.74) is 3.91. The van der Waals surface area contributed by atoms with Crippen molar-refractivity contribution in [2.45, 2.75) is 25.6 Å². The van der Waals surface area contributed by atoms with Gasteiger partial charge in [0.1, 0.15) is 23.9 Å². The first-order valence-corrected chi connectivity index (χ1v) is 10.4. The fraction of sp³-hybridized carbons (Fsp3) is 0.286. The van der Waals surface area contributed by atoms with E-state index in [1.807, 2.05) is 50.2 Å². The molecule has 0 unspecified atom stereocenters.